The first-order valence-electron chi connectivity index (χ1n) is 1.10. The molecule has 0 aromatic carbocycles. The molecule has 0 atom stereocenters. The van der Waals surface area contributed by atoms with Gasteiger partial charge < -0.3 is 23.3 Å². The smallest absolute Gasteiger partial charge is 0 e. The van der Waals surface area contributed by atoms with E-state index in [1.807, 2.05) is 0 Å². The van der Waals surface area contributed by atoms with Gasteiger partial charge in [-0.3, -0.25) is 0 Å². The molecule has 0 bridgehead atoms. The van der Waals surface area contributed by atoms with Gasteiger partial charge in [0, 0.05) is 32.7 Å². The van der Waals surface area contributed by atoms with Gasteiger partial charge in [0.25, 0.3) is 0 Å². The molecule has 0 aromatic heterocycles. The van der Waals surface area contributed by atoms with Crippen molar-refractivity contribution in [1.29, 1.82) is 0 Å². The maximum atomic E-state index is 8.45. The van der Waals surface area contributed by atoms with Crippen LogP contribution in [-0.2, 0) is 37.5 Å². The number of rotatable bonds is 0. The molecule has 0 aliphatic carbocycles. The van der Waals surface area contributed by atoms with Crippen molar-refractivity contribution in [3.63, 3.8) is 0 Å². The molecule has 0 N–H and O–H groups in total. The first-order valence-corrected chi connectivity index (χ1v) is 1.48. The zero-order valence-corrected chi connectivity index (χ0v) is 7.16. The maximum Gasteiger partial charge on any atom is 0 e. The van der Waals surface area contributed by atoms with E-state index in [-0.39, 0.29) is 32.7 Å². The second-order valence-electron chi connectivity index (χ2n) is 0.0772. The summed E-state index contributed by atoms with van der Waals surface area (Å²) in [5.41, 5.74) is 0. The third-order valence-electron chi connectivity index (χ3n) is 0. The molecular weight excluding hydrogens is 176 g/mol. The van der Waals surface area contributed by atoms with Crippen LogP contribution in [0.25, 0.3) is 0 Å². The van der Waals surface area contributed by atoms with Gasteiger partial charge in [0.2, 0.25) is 0 Å². The maximum absolute atomic E-state index is 8.45. The largest absolute Gasteiger partial charge is 0.525 e. The van der Waals surface area contributed by atoms with Crippen molar-refractivity contribution < 1.29 is 37.5 Å². The molecule has 0 unspecified atom stereocenters. The molecule has 0 spiro atoms. The summed E-state index contributed by atoms with van der Waals surface area (Å²) < 4.78 is 0. The van der Waals surface area contributed by atoms with E-state index in [0.29, 0.717) is 0 Å². The van der Waals surface area contributed by atoms with E-state index < -0.39 is 0 Å². The van der Waals surface area contributed by atoms with Crippen LogP contribution in [0.3, 0.4) is 0 Å². The van der Waals surface area contributed by atoms with Crippen LogP contribution < -0.4 is 0 Å². The quantitative estimate of drug-likeness (QED) is 0.404. The zero-order valence-electron chi connectivity index (χ0n) is 3.57. The van der Waals surface area contributed by atoms with Crippen molar-refractivity contribution in [2.75, 3.05) is 0 Å². The van der Waals surface area contributed by atoms with Gasteiger partial charge in [0.1, 0.15) is 0 Å². The van der Waals surface area contributed by atoms with Gasteiger partial charge in [-0.2, -0.15) is 12.7 Å². The number of halogens is 1. The van der Waals surface area contributed by atoms with Gasteiger partial charge in [0.15, 0.2) is 0 Å². The van der Waals surface area contributed by atoms with E-state index in [4.69, 9.17) is 4.79 Å². The topological polar surface area (TPSA) is 17.1 Å². The molecule has 0 amide bonds. The Morgan fingerprint density at radius 3 is 1.67 bits per heavy atom. The van der Waals surface area contributed by atoms with Crippen LogP contribution >= 0.6 is 11.6 Å². The van der Waals surface area contributed by atoms with Gasteiger partial charge in [-0.05, 0) is 0 Å². The SMILES string of the molecule is O=[C-]Cl.[CH2-]C.[Y]. The average molecular weight is 181 g/mol. The van der Waals surface area contributed by atoms with Crippen LogP contribution in [0.5, 0.6) is 0 Å². The fraction of sp³-hybridized carbons (Fsp3) is 0.333. The molecular formula is C3H5ClOY-2. The fourth-order valence-corrected chi connectivity index (χ4v) is 0. The Bertz CT molecular complexity index is 18.3. The first kappa shape index (κ1) is 15.7. The predicted octanol–water partition coefficient (Wildman–Crippen LogP) is 1.13. The van der Waals surface area contributed by atoms with E-state index in [2.05, 4.69) is 18.5 Å². The van der Waals surface area contributed by atoms with E-state index in [9.17, 15) is 0 Å². The summed E-state index contributed by atoms with van der Waals surface area (Å²) in [7, 11) is 0. The Hall–Kier alpha value is 1.06. The number of hydrogen-bond acceptors (Lipinski definition) is 1. The van der Waals surface area contributed by atoms with Gasteiger partial charge in [-0.15, -0.1) is 0 Å². The Labute approximate surface area is 68.3 Å². The second kappa shape index (κ2) is 36.5. The summed E-state index contributed by atoms with van der Waals surface area (Å²) in [6, 6.07) is 0. The standard InChI is InChI=1S/C2H5.CClO.Y/c1-2;2-1-3;/h1H2,2H3;;/q2*-1;. The monoisotopic (exact) mass is 181 g/mol. The molecule has 0 fully saturated rings. The Morgan fingerprint density at radius 2 is 1.67 bits per heavy atom. The van der Waals surface area contributed by atoms with Crippen molar-refractivity contribution in [1.82, 2.24) is 0 Å². The van der Waals surface area contributed by atoms with Crippen molar-refractivity contribution in [2.24, 2.45) is 0 Å². The number of carbonyl (C=O) groups excluding carboxylic acids is 1. The van der Waals surface area contributed by atoms with Crippen LogP contribution in [-0.4, -0.2) is 5.75 Å². The summed E-state index contributed by atoms with van der Waals surface area (Å²) in [6.07, 6.45) is 0. The zero-order chi connectivity index (χ0) is 4.71. The molecule has 0 aromatic rings. The molecule has 0 saturated carbocycles. The summed E-state index contributed by atoms with van der Waals surface area (Å²) in [6.45, 7) is 5.00. The molecule has 1 radical (unpaired) electrons. The minimum Gasteiger partial charge on any atom is -0.525 e. The number of hydrogen-bond donors (Lipinski definition) is 0. The van der Waals surface area contributed by atoms with Gasteiger partial charge in [-0.1, -0.05) is 0 Å². The molecule has 1 nitrogen and oxygen atoms in total. The summed E-state index contributed by atoms with van der Waals surface area (Å²) in [5, 5.41) is 0. The molecule has 0 aliphatic heterocycles. The molecule has 0 saturated heterocycles. The Balaban J connectivity index is -0.0000000275. The summed E-state index contributed by atoms with van der Waals surface area (Å²) in [4.78, 5) is 8.45. The Morgan fingerprint density at radius 1 is 1.67 bits per heavy atom. The van der Waals surface area contributed by atoms with Crippen LogP contribution in [0.15, 0.2) is 0 Å². The predicted molar refractivity (Wildman–Crippen MR) is 22.6 cm³/mol. The molecule has 0 heterocycles. The van der Waals surface area contributed by atoms with Gasteiger partial charge in [0.05, 0.1) is 0 Å². The van der Waals surface area contributed by atoms with E-state index in [1.54, 1.807) is 6.92 Å². The third kappa shape index (κ3) is 73.9. The fourth-order valence-electron chi connectivity index (χ4n) is 0. The van der Waals surface area contributed by atoms with Crippen molar-refractivity contribution in [3.8, 4) is 0 Å². The molecule has 0 rings (SSSR count). The first-order chi connectivity index (χ1) is 2.41. The van der Waals surface area contributed by atoms with Crippen LogP contribution in [0, 0.1) is 6.92 Å². The minimum atomic E-state index is 0. The van der Waals surface area contributed by atoms with Crippen LogP contribution in [0.4, 0.5) is 0 Å². The normalized spacial score (nSPS) is 3.17. The van der Waals surface area contributed by atoms with Gasteiger partial charge >= 0.3 is 0 Å². The minimum absolute atomic E-state index is 0. The van der Waals surface area contributed by atoms with Crippen LogP contribution in [0.1, 0.15) is 6.92 Å². The van der Waals surface area contributed by atoms with E-state index in [0.717, 1.165) is 5.75 Å². The van der Waals surface area contributed by atoms with Crippen molar-refractivity contribution in [2.45, 2.75) is 6.92 Å². The molecule has 6 heavy (non-hydrogen) atoms. The van der Waals surface area contributed by atoms with Gasteiger partial charge in [-0.25, -0.2) is 0 Å². The molecule has 35 valence electrons. The summed E-state index contributed by atoms with van der Waals surface area (Å²) in [5.74, 6) is 0.972. The third-order valence-corrected chi connectivity index (χ3v) is 0. The Kier molecular flexibility index (Phi) is 95.7. The molecule has 3 heteroatoms. The van der Waals surface area contributed by atoms with Crippen molar-refractivity contribution >= 4 is 17.3 Å². The van der Waals surface area contributed by atoms with E-state index >= 15 is 0 Å². The van der Waals surface area contributed by atoms with Crippen molar-refractivity contribution in [3.05, 3.63) is 6.92 Å². The second-order valence-corrected chi connectivity index (χ2v) is 0.231. The summed E-state index contributed by atoms with van der Waals surface area (Å²) >= 11 is 4.19. The van der Waals surface area contributed by atoms with E-state index in [1.165, 1.54) is 0 Å². The average Bonchev–Trinajstić information content (AvgIpc) is 1.46. The van der Waals surface area contributed by atoms with Crippen LogP contribution in [0.2, 0.25) is 0 Å². The molecule has 0 aliphatic rings.